The molecule has 0 atom stereocenters. The molecule has 0 aliphatic carbocycles. The van der Waals surface area contributed by atoms with Gasteiger partial charge in [-0.15, -0.1) is 5.10 Å². The van der Waals surface area contributed by atoms with Crippen molar-refractivity contribution in [1.29, 1.82) is 0 Å². The Morgan fingerprint density at radius 1 is 1.22 bits per heavy atom. The number of rotatable bonds is 5. The molecule has 166 valence electrons. The Labute approximate surface area is 181 Å². The lowest BCUT2D eigenvalue weighted by molar-refractivity contribution is -0.149. The van der Waals surface area contributed by atoms with Crippen LogP contribution in [0.2, 0.25) is 0 Å². The van der Waals surface area contributed by atoms with E-state index in [0.29, 0.717) is 11.3 Å². The molecule has 3 aromatic rings. The van der Waals surface area contributed by atoms with E-state index >= 15 is 0 Å². The summed E-state index contributed by atoms with van der Waals surface area (Å²) in [4.78, 5) is 25.9. The van der Waals surface area contributed by atoms with Crippen LogP contribution in [0.1, 0.15) is 16.8 Å². The highest BCUT2D eigenvalue weighted by molar-refractivity contribution is 5.91. The van der Waals surface area contributed by atoms with Gasteiger partial charge in [0.1, 0.15) is 11.9 Å². The molecule has 0 saturated carbocycles. The summed E-state index contributed by atoms with van der Waals surface area (Å²) in [5.41, 5.74) is -0.531. The molecular weight excluding hydrogens is 425 g/mol. The fourth-order valence-electron chi connectivity index (χ4n) is 3.49. The van der Waals surface area contributed by atoms with Gasteiger partial charge in [0, 0.05) is 42.9 Å². The van der Waals surface area contributed by atoms with E-state index in [2.05, 4.69) is 20.1 Å². The van der Waals surface area contributed by atoms with Gasteiger partial charge in [-0.25, -0.2) is 9.67 Å². The molecule has 0 spiro atoms. The summed E-state index contributed by atoms with van der Waals surface area (Å²) < 4.78 is 40.4. The van der Waals surface area contributed by atoms with Crippen LogP contribution in [0.3, 0.4) is 0 Å². The lowest BCUT2D eigenvalue weighted by Gasteiger charge is -2.45. The first-order valence-electron chi connectivity index (χ1n) is 9.66. The summed E-state index contributed by atoms with van der Waals surface area (Å²) in [6.07, 6.45) is 4.39. The average Bonchev–Trinajstić information content (AvgIpc) is 3.19. The van der Waals surface area contributed by atoms with E-state index in [1.165, 1.54) is 34.4 Å². The van der Waals surface area contributed by atoms with Crippen molar-refractivity contribution >= 4 is 12.1 Å². The highest BCUT2D eigenvalue weighted by Gasteiger charge is 2.43. The molecule has 1 aromatic carbocycles. The van der Waals surface area contributed by atoms with Gasteiger partial charge in [0.05, 0.1) is 24.3 Å². The summed E-state index contributed by atoms with van der Waals surface area (Å²) in [6.45, 7) is 1.87. The Hall–Kier alpha value is -3.60. The summed E-state index contributed by atoms with van der Waals surface area (Å²) >= 11 is 0. The fourth-order valence-corrected chi connectivity index (χ4v) is 3.49. The standard InChI is InChI=1S/C21H19F3N6O2/c1-14-6-15(8-16(7-14)21(22,23)24)19-27-13-30(28-19)5-2-18(31)29-11-20(32,12-29)9-17-10-25-3-4-26-17/h2-8,10,13,32H,9,11-12H2,1H3/b5-2-. The quantitative estimate of drug-likeness (QED) is 0.607. The highest BCUT2D eigenvalue weighted by Crippen LogP contribution is 2.32. The van der Waals surface area contributed by atoms with E-state index < -0.39 is 17.3 Å². The number of amides is 1. The second-order valence-corrected chi connectivity index (χ2v) is 7.74. The van der Waals surface area contributed by atoms with Gasteiger partial charge in [0.15, 0.2) is 5.82 Å². The summed E-state index contributed by atoms with van der Waals surface area (Å²) in [6, 6.07) is 3.60. The molecule has 1 aliphatic rings. The normalized spacial score (nSPS) is 15.7. The van der Waals surface area contributed by atoms with Crippen molar-refractivity contribution in [3.63, 3.8) is 0 Å². The number of likely N-dealkylation sites (tertiary alicyclic amines) is 1. The van der Waals surface area contributed by atoms with Crippen LogP contribution in [-0.2, 0) is 17.4 Å². The molecular formula is C21H19F3N6O2. The third kappa shape index (κ3) is 4.83. The molecule has 0 radical (unpaired) electrons. The first-order valence-corrected chi connectivity index (χ1v) is 9.66. The fraction of sp³-hybridized carbons (Fsp3) is 0.286. The molecule has 8 nitrogen and oxygen atoms in total. The average molecular weight is 444 g/mol. The van der Waals surface area contributed by atoms with E-state index in [4.69, 9.17) is 0 Å². The molecule has 32 heavy (non-hydrogen) atoms. The topological polar surface area (TPSA) is 97.0 Å². The number of nitrogens with zero attached hydrogens (tertiary/aromatic N) is 6. The maximum atomic E-state index is 13.0. The van der Waals surface area contributed by atoms with Crippen molar-refractivity contribution in [2.45, 2.75) is 25.1 Å². The first kappa shape index (κ1) is 21.6. The van der Waals surface area contributed by atoms with Gasteiger partial charge in [-0.05, 0) is 30.7 Å². The van der Waals surface area contributed by atoms with Crippen molar-refractivity contribution in [2.75, 3.05) is 13.1 Å². The van der Waals surface area contributed by atoms with Crippen LogP contribution >= 0.6 is 0 Å². The number of alkyl halides is 3. The molecule has 3 heterocycles. The predicted octanol–water partition coefficient (Wildman–Crippen LogP) is 2.35. The van der Waals surface area contributed by atoms with Crippen molar-refractivity contribution in [3.8, 4) is 11.4 Å². The molecule has 1 N–H and O–H groups in total. The molecule has 11 heteroatoms. The zero-order chi connectivity index (χ0) is 22.9. The minimum Gasteiger partial charge on any atom is -0.386 e. The number of hydrogen-bond donors (Lipinski definition) is 1. The second-order valence-electron chi connectivity index (χ2n) is 7.74. The molecule has 2 aromatic heterocycles. The number of carbonyl (C=O) groups excluding carboxylic acids is 1. The Balaban J connectivity index is 1.39. The van der Waals surface area contributed by atoms with Gasteiger partial charge in [0.25, 0.3) is 0 Å². The number of carbonyl (C=O) groups is 1. The number of aryl methyl sites for hydroxylation is 1. The number of halogens is 3. The number of β-amino-alcohol motifs (C(OH)–C–C–N with tert-alkyl or cyclic N) is 1. The number of aliphatic hydroxyl groups is 1. The molecule has 1 saturated heterocycles. The highest BCUT2D eigenvalue weighted by atomic mass is 19.4. The summed E-state index contributed by atoms with van der Waals surface area (Å²) in [5.74, 6) is -0.223. The number of benzene rings is 1. The zero-order valence-corrected chi connectivity index (χ0v) is 17.0. The van der Waals surface area contributed by atoms with Gasteiger partial charge in [0.2, 0.25) is 5.91 Å². The lowest BCUT2D eigenvalue weighted by atomic mass is 9.89. The molecule has 4 rings (SSSR count). The van der Waals surface area contributed by atoms with E-state index in [1.807, 2.05) is 0 Å². The van der Waals surface area contributed by atoms with E-state index in [-0.39, 0.29) is 36.8 Å². The number of hydrogen-bond acceptors (Lipinski definition) is 6. The van der Waals surface area contributed by atoms with Crippen LogP contribution in [0.5, 0.6) is 0 Å². The Bertz CT molecular complexity index is 1150. The van der Waals surface area contributed by atoms with Crippen LogP contribution in [0.4, 0.5) is 13.2 Å². The Kier molecular flexibility index (Phi) is 5.51. The smallest absolute Gasteiger partial charge is 0.386 e. The van der Waals surface area contributed by atoms with Crippen LogP contribution in [0, 0.1) is 6.92 Å². The summed E-state index contributed by atoms with van der Waals surface area (Å²) in [5, 5.41) is 14.6. The van der Waals surface area contributed by atoms with Crippen LogP contribution < -0.4 is 0 Å². The van der Waals surface area contributed by atoms with E-state index in [0.717, 1.165) is 12.1 Å². The maximum Gasteiger partial charge on any atom is 0.416 e. The minimum atomic E-state index is -4.47. The third-order valence-corrected chi connectivity index (χ3v) is 4.95. The van der Waals surface area contributed by atoms with Crippen LogP contribution in [0.15, 0.2) is 49.2 Å². The second kappa shape index (κ2) is 8.15. The van der Waals surface area contributed by atoms with Gasteiger partial charge in [-0.1, -0.05) is 0 Å². The van der Waals surface area contributed by atoms with Crippen molar-refractivity contribution in [2.24, 2.45) is 0 Å². The maximum absolute atomic E-state index is 13.0. The minimum absolute atomic E-state index is 0.110. The van der Waals surface area contributed by atoms with E-state index in [9.17, 15) is 23.1 Å². The Morgan fingerprint density at radius 3 is 2.69 bits per heavy atom. The monoisotopic (exact) mass is 444 g/mol. The van der Waals surface area contributed by atoms with Gasteiger partial charge in [-0.3, -0.25) is 14.8 Å². The molecule has 1 amide bonds. The number of aromatic nitrogens is 5. The third-order valence-electron chi connectivity index (χ3n) is 4.95. The van der Waals surface area contributed by atoms with Crippen molar-refractivity contribution in [3.05, 3.63) is 66.0 Å². The molecule has 1 aliphatic heterocycles. The van der Waals surface area contributed by atoms with Crippen molar-refractivity contribution in [1.82, 2.24) is 29.6 Å². The molecule has 1 fully saturated rings. The van der Waals surface area contributed by atoms with Crippen LogP contribution in [0.25, 0.3) is 17.6 Å². The van der Waals surface area contributed by atoms with Crippen molar-refractivity contribution < 1.29 is 23.1 Å². The zero-order valence-electron chi connectivity index (χ0n) is 17.0. The largest absolute Gasteiger partial charge is 0.416 e. The Morgan fingerprint density at radius 2 is 2.00 bits per heavy atom. The van der Waals surface area contributed by atoms with Gasteiger partial charge >= 0.3 is 6.18 Å². The van der Waals surface area contributed by atoms with Gasteiger partial charge in [-0.2, -0.15) is 13.2 Å². The first-order chi connectivity index (χ1) is 15.1. The SMILES string of the molecule is Cc1cc(-c2ncn(/C=C\C(=O)N3CC(O)(Cc4cnccn4)C3)n2)cc(C(F)(F)F)c1. The van der Waals surface area contributed by atoms with E-state index in [1.54, 1.807) is 25.4 Å². The molecule has 0 bridgehead atoms. The van der Waals surface area contributed by atoms with Crippen LogP contribution in [-0.4, -0.2) is 59.3 Å². The lowest BCUT2D eigenvalue weighted by Crippen LogP contribution is -2.64. The summed E-state index contributed by atoms with van der Waals surface area (Å²) in [7, 11) is 0. The van der Waals surface area contributed by atoms with Gasteiger partial charge < -0.3 is 10.0 Å². The molecule has 0 unspecified atom stereocenters. The predicted molar refractivity (Wildman–Crippen MR) is 108 cm³/mol.